The number of nitrogens with zero attached hydrogens (tertiary/aromatic N) is 3. The number of amides is 1. The summed E-state index contributed by atoms with van der Waals surface area (Å²) in [6.07, 6.45) is 12.7. The molecule has 4 aromatic rings. The Morgan fingerprint density at radius 1 is 1.18 bits per heavy atom. The van der Waals surface area contributed by atoms with Crippen molar-refractivity contribution in [2.24, 2.45) is 5.92 Å². The molecule has 5 heteroatoms. The molecule has 1 aliphatic rings. The van der Waals surface area contributed by atoms with Crippen molar-refractivity contribution in [1.82, 2.24) is 19.7 Å². The van der Waals surface area contributed by atoms with Gasteiger partial charge in [-0.2, -0.15) is 5.10 Å². The van der Waals surface area contributed by atoms with Crippen LogP contribution in [-0.4, -0.2) is 38.2 Å². The van der Waals surface area contributed by atoms with E-state index < -0.39 is 0 Å². The molecule has 1 N–H and O–H groups in total. The molecular formula is C29H32N4O. The van der Waals surface area contributed by atoms with Crippen molar-refractivity contribution in [2.45, 2.75) is 45.7 Å². The average Bonchev–Trinajstić information content (AvgIpc) is 3.59. The van der Waals surface area contributed by atoms with E-state index in [2.05, 4.69) is 82.2 Å². The van der Waals surface area contributed by atoms with Gasteiger partial charge >= 0.3 is 0 Å². The summed E-state index contributed by atoms with van der Waals surface area (Å²) in [6.45, 7) is 6.00. The summed E-state index contributed by atoms with van der Waals surface area (Å²) in [4.78, 5) is 15.1. The maximum absolute atomic E-state index is 13.0. The van der Waals surface area contributed by atoms with Crippen LogP contribution >= 0.6 is 0 Å². The summed E-state index contributed by atoms with van der Waals surface area (Å²) in [5, 5.41) is 8.25. The second-order valence-electron chi connectivity index (χ2n) is 9.44. The lowest BCUT2D eigenvalue weighted by Crippen LogP contribution is -2.34. The Kier molecular flexibility index (Phi) is 6.35. The molecule has 3 heterocycles. The van der Waals surface area contributed by atoms with Crippen LogP contribution in [0.4, 0.5) is 0 Å². The molecule has 5 nitrogen and oxygen atoms in total. The topological polar surface area (TPSA) is 53.9 Å². The van der Waals surface area contributed by atoms with E-state index in [0.717, 1.165) is 37.1 Å². The van der Waals surface area contributed by atoms with Crippen LogP contribution in [0, 0.1) is 5.92 Å². The first-order valence-electron chi connectivity index (χ1n) is 12.2. The van der Waals surface area contributed by atoms with E-state index in [4.69, 9.17) is 0 Å². The lowest BCUT2D eigenvalue weighted by molar-refractivity contribution is -0.131. The minimum Gasteiger partial charge on any atom is -0.347 e. The number of nitrogens with one attached hydrogen (secondary N) is 1. The summed E-state index contributed by atoms with van der Waals surface area (Å²) in [6, 6.07) is 17.2. The fraction of sp³-hybridized carbons (Fsp3) is 0.310. The first-order valence-corrected chi connectivity index (χ1v) is 12.2. The standard InChI is InChI=1S/C29H32N4O/c1-3-7-25-20-32(28-12-11-24(15-27(25)28)26-16-30-31-17-26)18-23-14-21(2)33(19-23)29(34)13-10-22-8-5-4-6-9-22/h3-9,11-12,15-17,20-21,23H,10,13-14,18-19H2,1-2H3,(H,30,31). The summed E-state index contributed by atoms with van der Waals surface area (Å²) < 4.78 is 2.37. The minimum atomic E-state index is 0.274. The van der Waals surface area contributed by atoms with Gasteiger partial charge in [0.15, 0.2) is 0 Å². The van der Waals surface area contributed by atoms with Gasteiger partial charge in [0.2, 0.25) is 5.91 Å². The molecule has 0 spiro atoms. The van der Waals surface area contributed by atoms with Gasteiger partial charge < -0.3 is 9.47 Å². The van der Waals surface area contributed by atoms with Crippen LogP contribution in [0.15, 0.2) is 73.2 Å². The zero-order valence-electron chi connectivity index (χ0n) is 19.9. The van der Waals surface area contributed by atoms with Crippen LogP contribution in [0.2, 0.25) is 0 Å². The van der Waals surface area contributed by atoms with Crippen molar-refractivity contribution < 1.29 is 4.79 Å². The number of allylic oxidation sites excluding steroid dienone is 1. The number of likely N-dealkylation sites (tertiary alicyclic amines) is 1. The van der Waals surface area contributed by atoms with Gasteiger partial charge in [-0.25, -0.2) is 0 Å². The third-order valence-electron chi connectivity index (χ3n) is 7.00. The zero-order chi connectivity index (χ0) is 23.5. The van der Waals surface area contributed by atoms with Crippen molar-refractivity contribution in [3.8, 4) is 11.1 Å². The number of aromatic nitrogens is 3. The van der Waals surface area contributed by atoms with Crippen LogP contribution in [0.3, 0.4) is 0 Å². The van der Waals surface area contributed by atoms with Crippen LogP contribution in [0.1, 0.15) is 37.8 Å². The highest BCUT2D eigenvalue weighted by atomic mass is 16.2. The number of aryl methyl sites for hydroxylation is 1. The minimum absolute atomic E-state index is 0.274. The zero-order valence-corrected chi connectivity index (χ0v) is 19.9. The summed E-state index contributed by atoms with van der Waals surface area (Å²) >= 11 is 0. The fourth-order valence-corrected chi connectivity index (χ4v) is 5.32. The maximum Gasteiger partial charge on any atom is 0.223 e. The molecule has 2 aromatic carbocycles. The Balaban J connectivity index is 1.31. The molecule has 2 aromatic heterocycles. The number of aromatic amines is 1. The second-order valence-corrected chi connectivity index (χ2v) is 9.44. The van der Waals surface area contributed by atoms with Gasteiger partial charge in [0, 0.05) is 54.4 Å². The van der Waals surface area contributed by atoms with E-state index in [-0.39, 0.29) is 11.9 Å². The molecule has 0 aliphatic carbocycles. The van der Waals surface area contributed by atoms with Gasteiger partial charge in [-0.15, -0.1) is 0 Å². The number of hydrogen-bond acceptors (Lipinski definition) is 2. The lowest BCUT2D eigenvalue weighted by Gasteiger charge is -2.21. The number of benzene rings is 2. The van der Waals surface area contributed by atoms with Crippen molar-refractivity contribution in [3.63, 3.8) is 0 Å². The number of rotatable bonds is 7. The van der Waals surface area contributed by atoms with Gasteiger partial charge in [0.25, 0.3) is 0 Å². The molecule has 2 unspecified atom stereocenters. The van der Waals surface area contributed by atoms with E-state index >= 15 is 0 Å². The number of fused-ring (bicyclic) bond motifs is 1. The molecular weight excluding hydrogens is 420 g/mol. The summed E-state index contributed by atoms with van der Waals surface area (Å²) in [5.74, 6) is 0.730. The molecule has 174 valence electrons. The number of carbonyl (C=O) groups is 1. The Morgan fingerprint density at radius 2 is 2.03 bits per heavy atom. The molecule has 0 bridgehead atoms. The van der Waals surface area contributed by atoms with E-state index in [9.17, 15) is 4.79 Å². The highest BCUT2D eigenvalue weighted by Crippen LogP contribution is 2.31. The maximum atomic E-state index is 13.0. The molecule has 1 fully saturated rings. The molecule has 1 saturated heterocycles. The quantitative estimate of drug-likeness (QED) is 0.378. The largest absolute Gasteiger partial charge is 0.347 e. The number of carbonyl (C=O) groups excluding carboxylic acids is 1. The molecule has 5 rings (SSSR count). The number of hydrogen-bond donors (Lipinski definition) is 1. The van der Waals surface area contributed by atoms with Gasteiger partial charge in [-0.05, 0) is 61.4 Å². The molecule has 0 saturated carbocycles. The first kappa shape index (κ1) is 22.2. The highest BCUT2D eigenvalue weighted by molar-refractivity contribution is 5.92. The predicted octanol–water partition coefficient (Wildman–Crippen LogP) is 5.93. The van der Waals surface area contributed by atoms with E-state index in [1.165, 1.54) is 22.0 Å². The van der Waals surface area contributed by atoms with Crippen molar-refractivity contribution in [3.05, 3.63) is 84.3 Å². The van der Waals surface area contributed by atoms with E-state index in [1.807, 2.05) is 30.6 Å². The molecule has 2 atom stereocenters. The van der Waals surface area contributed by atoms with Crippen molar-refractivity contribution in [1.29, 1.82) is 0 Å². The SMILES string of the molecule is CC=Cc1cn(CC2CC(C)N(C(=O)CCc3ccccc3)C2)c2ccc(-c3cn[nH]c3)cc12. The van der Waals surface area contributed by atoms with Crippen LogP contribution in [-0.2, 0) is 17.8 Å². The summed E-state index contributed by atoms with van der Waals surface area (Å²) in [5.41, 5.74) is 5.95. The van der Waals surface area contributed by atoms with Crippen molar-refractivity contribution >= 4 is 22.9 Å². The first-order chi connectivity index (χ1) is 16.6. The van der Waals surface area contributed by atoms with E-state index in [0.29, 0.717) is 12.3 Å². The molecule has 1 amide bonds. The summed E-state index contributed by atoms with van der Waals surface area (Å²) in [7, 11) is 0. The highest BCUT2D eigenvalue weighted by Gasteiger charge is 2.32. The third kappa shape index (κ3) is 4.56. The lowest BCUT2D eigenvalue weighted by atomic mass is 10.0. The Morgan fingerprint density at radius 3 is 2.79 bits per heavy atom. The normalized spacial score (nSPS) is 18.4. The van der Waals surface area contributed by atoms with Gasteiger partial charge in [-0.3, -0.25) is 9.89 Å². The van der Waals surface area contributed by atoms with Gasteiger partial charge in [-0.1, -0.05) is 48.6 Å². The third-order valence-corrected chi connectivity index (χ3v) is 7.00. The monoisotopic (exact) mass is 452 g/mol. The second kappa shape index (κ2) is 9.72. The van der Waals surface area contributed by atoms with Crippen molar-refractivity contribution in [2.75, 3.05) is 6.54 Å². The van der Waals surface area contributed by atoms with Crippen LogP contribution in [0.5, 0.6) is 0 Å². The van der Waals surface area contributed by atoms with Gasteiger partial charge in [0.1, 0.15) is 0 Å². The van der Waals surface area contributed by atoms with Gasteiger partial charge in [0.05, 0.1) is 6.20 Å². The fourth-order valence-electron chi connectivity index (χ4n) is 5.32. The molecule has 1 aliphatic heterocycles. The Hall–Kier alpha value is -3.60. The number of H-pyrrole nitrogens is 1. The molecule has 0 radical (unpaired) electrons. The van der Waals surface area contributed by atoms with Crippen LogP contribution < -0.4 is 0 Å². The van der Waals surface area contributed by atoms with Crippen LogP contribution in [0.25, 0.3) is 28.1 Å². The smallest absolute Gasteiger partial charge is 0.223 e. The molecule has 34 heavy (non-hydrogen) atoms. The Bertz CT molecular complexity index is 1290. The van der Waals surface area contributed by atoms with E-state index in [1.54, 1.807) is 0 Å². The average molecular weight is 453 g/mol. The predicted molar refractivity (Wildman–Crippen MR) is 138 cm³/mol. The Labute approximate surface area is 201 Å².